The van der Waals surface area contributed by atoms with E-state index in [1.807, 2.05) is 25.5 Å². The van der Waals surface area contributed by atoms with Crippen molar-refractivity contribution < 1.29 is 4.74 Å². The number of hydrogen-bond acceptors (Lipinski definition) is 6. The van der Waals surface area contributed by atoms with Gasteiger partial charge in [0.1, 0.15) is 5.56 Å². The predicted molar refractivity (Wildman–Crippen MR) is 88.2 cm³/mol. The molecule has 0 N–H and O–H groups in total. The molecule has 23 heavy (non-hydrogen) atoms. The van der Waals surface area contributed by atoms with Crippen LogP contribution in [0.1, 0.15) is 12.5 Å². The van der Waals surface area contributed by atoms with Crippen LogP contribution >= 0.6 is 11.8 Å². The van der Waals surface area contributed by atoms with Crippen molar-refractivity contribution in [2.45, 2.75) is 24.4 Å². The van der Waals surface area contributed by atoms with Gasteiger partial charge in [-0.15, -0.1) is 15.3 Å². The van der Waals surface area contributed by atoms with E-state index >= 15 is 0 Å². The third-order valence-corrected chi connectivity index (χ3v) is 4.39. The molecule has 0 aromatic carbocycles. The molecule has 0 atom stereocenters. The summed E-state index contributed by atoms with van der Waals surface area (Å²) in [7, 11) is 3.47. The maximum Gasteiger partial charge on any atom is 0.243 e. The average Bonchev–Trinajstić information content (AvgIpc) is 3.16. The fraction of sp³-hybridized carbons (Fsp3) is 0.333. The van der Waals surface area contributed by atoms with Gasteiger partial charge in [0, 0.05) is 37.9 Å². The lowest BCUT2D eigenvalue weighted by Gasteiger charge is -2.06. The molecule has 0 aliphatic rings. The third-order valence-electron chi connectivity index (χ3n) is 3.35. The summed E-state index contributed by atoms with van der Waals surface area (Å²) in [5.41, 5.74) is 2.00. The monoisotopic (exact) mass is 330 g/mol. The predicted octanol–water partition coefficient (Wildman–Crippen LogP) is 2.39. The molecule has 3 aromatic rings. The van der Waals surface area contributed by atoms with Crippen LogP contribution in [0.5, 0.6) is 5.88 Å². The van der Waals surface area contributed by atoms with Gasteiger partial charge >= 0.3 is 0 Å². The van der Waals surface area contributed by atoms with Crippen LogP contribution in [0.25, 0.3) is 11.4 Å². The van der Waals surface area contributed by atoms with Crippen molar-refractivity contribution in [3.05, 3.63) is 36.3 Å². The highest BCUT2D eigenvalue weighted by Gasteiger charge is 2.19. The smallest absolute Gasteiger partial charge is 0.243 e. The summed E-state index contributed by atoms with van der Waals surface area (Å²) in [6.45, 7) is 2.85. The first-order valence-electron chi connectivity index (χ1n) is 7.25. The number of hydrogen-bond donors (Lipinski definition) is 0. The van der Waals surface area contributed by atoms with Gasteiger partial charge in [-0.3, -0.25) is 9.67 Å². The molecule has 0 aliphatic heterocycles. The van der Waals surface area contributed by atoms with Gasteiger partial charge in [-0.25, -0.2) is 0 Å². The molecule has 0 aliphatic carbocycles. The van der Waals surface area contributed by atoms with Gasteiger partial charge in [0.15, 0.2) is 11.0 Å². The van der Waals surface area contributed by atoms with Crippen LogP contribution in [0.4, 0.5) is 0 Å². The van der Waals surface area contributed by atoms with Crippen molar-refractivity contribution in [3.8, 4) is 17.3 Å². The van der Waals surface area contributed by atoms with Crippen LogP contribution < -0.4 is 4.74 Å². The Morgan fingerprint density at radius 2 is 2.17 bits per heavy atom. The molecule has 0 radical (unpaired) electrons. The topological polar surface area (TPSA) is 70.7 Å². The molecule has 3 aromatic heterocycles. The maximum atomic E-state index is 5.33. The van der Waals surface area contributed by atoms with E-state index in [0.717, 1.165) is 34.4 Å². The number of nitrogens with zero attached hydrogens (tertiary/aromatic N) is 6. The van der Waals surface area contributed by atoms with Gasteiger partial charge in [-0.2, -0.15) is 0 Å². The number of thioether (sulfide) groups is 1. The first-order chi connectivity index (χ1) is 11.2. The average molecular weight is 330 g/mol. The Hall–Kier alpha value is -2.35. The molecule has 7 nitrogen and oxygen atoms in total. The summed E-state index contributed by atoms with van der Waals surface area (Å²) >= 11 is 1.64. The van der Waals surface area contributed by atoms with Crippen molar-refractivity contribution >= 4 is 11.8 Å². The van der Waals surface area contributed by atoms with Crippen molar-refractivity contribution in [2.75, 3.05) is 7.11 Å². The van der Waals surface area contributed by atoms with Crippen molar-refractivity contribution in [2.24, 2.45) is 7.05 Å². The Bertz CT molecular complexity index is 783. The Morgan fingerprint density at radius 3 is 2.87 bits per heavy atom. The van der Waals surface area contributed by atoms with E-state index in [-0.39, 0.29) is 0 Å². The molecule has 3 heterocycles. The summed E-state index contributed by atoms with van der Waals surface area (Å²) < 4.78 is 9.11. The van der Waals surface area contributed by atoms with E-state index in [1.165, 1.54) is 0 Å². The van der Waals surface area contributed by atoms with Crippen molar-refractivity contribution in [1.82, 2.24) is 29.5 Å². The lowest BCUT2D eigenvalue weighted by Crippen LogP contribution is -2.00. The van der Waals surface area contributed by atoms with Crippen molar-refractivity contribution in [1.29, 1.82) is 0 Å². The zero-order chi connectivity index (χ0) is 16.2. The molecule has 0 spiro atoms. The maximum absolute atomic E-state index is 5.33. The standard InChI is InChI=1S/C15H18N6OS/c1-4-21-13(12-9-20(2)19-14(12)22-3)17-18-15(21)23-10-11-6-5-7-16-8-11/h5-9H,4,10H2,1-3H3. The quantitative estimate of drug-likeness (QED) is 0.646. The highest BCUT2D eigenvalue weighted by molar-refractivity contribution is 7.98. The first kappa shape index (κ1) is 15.5. The number of aromatic nitrogens is 6. The van der Waals surface area contributed by atoms with E-state index in [9.17, 15) is 0 Å². The number of rotatable bonds is 6. The summed E-state index contributed by atoms with van der Waals surface area (Å²) in [5, 5.41) is 13.8. The molecule has 0 fully saturated rings. The lowest BCUT2D eigenvalue weighted by atomic mass is 10.3. The third kappa shape index (κ3) is 3.21. The SMILES string of the molecule is CCn1c(SCc2cccnc2)nnc1-c1cn(C)nc1OC. The molecular formula is C15H18N6OS. The Morgan fingerprint density at radius 1 is 1.30 bits per heavy atom. The van der Waals surface area contributed by atoms with Crippen LogP contribution in [0.2, 0.25) is 0 Å². The summed E-state index contributed by atoms with van der Waals surface area (Å²) in [6, 6.07) is 3.99. The van der Waals surface area contributed by atoms with Crippen LogP contribution in [0.15, 0.2) is 35.9 Å². The zero-order valence-corrected chi connectivity index (χ0v) is 14.1. The van der Waals surface area contributed by atoms with Crippen LogP contribution in [0, 0.1) is 0 Å². The number of aryl methyl sites for hydroxylation is 1. The minimum absolute atomic E-state index is 0.554. The second kappa shape index (κ2) is 6.82. The van der Waals surface area contributed by atoms with Gasteiger partial charge in [0.2, 0.25) is 5.88 Å². The molecule has 0 bridgehead atoms. The van der Waals surface area contributed by atoms with Crippen LogP contribution in [-0.2, 0) is 19.3 Å². The van der Waals surface area contributed by atoms with E-state index in [0.29, 0.717) is 5.88 Å². The zero-order valence-electron chi connectivity index (χ0n) is 13.3. The van der Waals surface area contributed by atoms with Gasteiger partial charge in [-0.05, 0) is 18.6 Å². The van der Waals surface area contributed by atoms with Crippen molar-refractivity contribution in [3.63, 3.8) is 0 Å². The van der Waals surface area contributed by atoms with Crippen LogP contribution in [0.3, 0.4) is 0 Å². The van der Waals surface area contributed by atoms with Gasteiger partial charge < -0.3 is 9.30 Å². The normalized spacial score (nSPS) is 10.9. The molecule has 0 saturated carbocycles. The Labute approximate surface area is 138 Å². The first-order valence-corrected chi connectivity index (χ1v) is 8.24. The van der Waals surface area contributed by atoms with Gasteiger partial charge in [0.05, 0.1) is 7.11 Å². The molecule has 3 rings (SSSR count). The summed E-state index contributed by atoms with van der Waals surface area (Å²) in [5.74, 6) is 2.13. The Balaban J connectivity index is 1.87. The molecule has 120 valence electrons. The fourth-order valence-corrected chi connectivity index (χ4v) is 3.22. The van der Waals surface area contributed by atoms with Gasteiger partial charge in [-0.1, -0.05) is 17.8 Å². The van der Waals surface area contributed by atoms with Gasteiger partial charge in [0.25, 0.3) is 0 Å². The van der Waals surface area contributed by atoms with E-state index < -0.39 is 0 Å². The van der Waals surface area contributed by atoms with Crippen LogP contribution in [-0.4, -0.2) is 36.6 Å². The lowest BCUT2D eigenvalue weighted by molar-refractivity contribution is 0.393. The van der Waals surface area contributed by atoms with E-state index in [2.05, 4.69) is 37.8 Å². The highest BCUT2D eigenvalue weighted by Crippen LogP contribution is 2.30. The number of methoxy groups -OCH3 is 1. The summed E-state index contributed by atoms with van der Waals surface area (Å²) in [4.78, 5) is 4.13. The highest BCUT2D eigenvalue weighted by atomic mass is 32.2. The molecule has 0 amide bonds. The minimum Gasteiger partial charge on any atom is -0.479 e. The van der Waals surface area contributed by atoms with E-state index in [4.69, 9.17) is 4.74 Å². The molecular weight excluding hydrogens is 312 g/mol. The number of ether oxygens (including phenoxy) is 1. The molecule has 0 unspecified atom stereocenters. The second-order valence-corrected chi connectivity index (χ2v) is 5.87. The fourth-order valence-electron chi connectivity index (χ4n) is 2.28. The largest absolute Gasteiger partial charge is 0.479 e. The minimum atomic E-state index is 0.554. The van der Waals surface area contributed by atoms with E-state index in [1.54, 1.807) is 29.8 Å². The second-order valence-electron chi connectivity index (χ2n) is 4.93. The summed E-state index contributed by atoms with van der Waals surface area (Å²) in [6.07, 6.45) is 5.53. The molecule has 8 heteroatoms. The molecule has 0 saturated heterocycles. The number of pyridine rings is 1. The Kier molecular flexibility index (Phi) is 4.61.